The van der Waals surface area contributed by atoms with E-state index in [0.29, 0.717) is 12.3 Å². The van der Waals surface area contributed by atoms with Crippen LogP contribution < -0.4 is 0 Å². The quantitative estimate of drug-likeness (QED) is 0.588. The van der Waals surface area contributed by atoms with Gasteiger partial charge < -0.3 is 0 Å². The topological polar surface area (TPSA) is 34.1 Å². The van der Waals surface area contributed by atoms with E-state index in [1.165, 1.54) is 0 Å². The highest BCUT2D eigenvalue weighted by atomic mass is 16.1. The molecule has 1 radical (unpaired) electrons. The summed E-state index contributed by atoms with van der Waals surface area (Å²) in [6, 6.07) is 0. The van der Waals surface area contributed by atoms with Gasteiger partial charge in [-0.25, -0.2) is 0 Å². The molecular weight excluding hydrogens is 176 g/mol. The molecule has 2 nitrogen and oxygen atoms in total. The van der Waals surface area contributed by atoms with Gasteiger partial charge >= 0.3 is 0 Å². The molecular formula is C12H21O2. The van der Waals surface area contributed by atoms with E-state index >= 15 is 0 Å². The molecule has 0 aliphatic heterocycles. The van der Waals surface area contributed by atoms with E-state index in [1.807, 2.05) is 20.1 Å². The van der Waals surface area contributed by atoms with Gasteiger partial charge in [-0.1, -0.05) is 34.1 Å². The molecule has 0 amide bonds. The Morgan fingerprint density at radius 2 is 1.86 bits per heavy atom. The van der Waals surface area contributed by atoms with Gasteiger partial charge in [0.05, 0.1) is 5.92 Å². The third-order valence-corrected chi connectivity index (χ3v) is 2.65. The van der Waals surface area contributed by atoms with E-state index in [-0.39, 0.29) is 11.7 Å². The van der Waals surface area contributed by atoms with Gasteiger partial charge in [-0.3, -0.25) is 9.59 Å². The van der Waals surface area contributed by atoms with Gasteiger partial charge in [-0.15, -0.1) is 0 Å². The number of ketones is 1. The largest absolute Gasteiger partial charge is 0.299 e. The maximum Gasteiger partial charge on any atom is 0.209 e. The van der Waals surface area contributed by atoms with Crippen LogP contribution in [0.25, 0.3) is 0 Å². The van der Waals surface area contributed by atoms with Gasteiger partial charge in [0, 0.05) is 6.42 Å². The normalized spacial score (nSPS) is 15.2. The summed E-state index contributed by atoms with van der Waals surface area (Å²) < 4.78 is 0. The first kappa shape index (κ1) is 13.3. The number of carbonyl (C=O) groups is 1. The molecule has 0 aliphatic rings. The molecule has 0 rings (SSSR count). The molecule has 0 bridgehead atoms. The molecule has 14 heavy (non-hydrogen) atoms. The Morgan fingerprint density at radius 3 is 2.21 bits per heavy atom. The Labute approximate surface area is 87.1 Å². The summed E-state index contributed by atoms with van der Waals surface area (Å²) in [7, 11) is 0. The van der Waals surface area contributed by atoms with Crippen LogP contribution >= 0.6 is 0 Å². The van der Waals surface area contributed by atoms with Crippen molar-refractivity contribution in [1.29, 1.82) is 0 Å². The van der Waals surface area contributed by atoms with Crippen LogP contribution in [-0.2, 0) is 9.59 Å². The highest BCUT2D eigenvalue weighted by Crippen LogP contribution is 2.17. The molecule has 2 unspecified atom stereocenters. The summed E-state index contributed by atoms with van der Waals surface area (Å²) in [6.07, 6.45) is 4.12. The highest BCUT2D eigenvalue weighted by Gasteiger charge is 2.23. The molecule has 0 aromatic carbocycles. The van der Waals surface area contributed by atoms with Crippen molar-refractivity contribution in [1.82, 2.24) is 0 Å². The van der Waals surface area contributed by atoms with Gasteiger partial charge in [0.2, 0.25) is 6.29 Å². The van der Waals surface area contributed by atoms with E-state index in [9.17, 15) is 9.59 Å². The van der Waals surface area contributed by atoms with Crippen LogP contribution in [0.5, 0.6) is 0 Å². The average molecular weight is 197 g/mol. The molecule has 0 saturated heterocycles. The Kier molecular flexibility index (Phi) is 6.43. The van der Waals surface area contributed by atoms with Crippen molar-refractivity contribution < 1.29 is 9.59 Å². The van der Waals surface area contributed by atoms with Crippen LogP contribution in [0.3, 0.4) is 0 Å². The van der Waals surface area contributed by atoms with Crippen molar-refractivity contribution in [3.05, 3.63) is 0 Å². The summed E-state index contributed by atoms with van der Waals surface area (Å²) in [4.78, 5) is 22.3. The average Bonchev–Trinajstić information content (AvgIpc) is 2.15. The summed E-state index contributed by atoms with van der Waals surface area (Å²) in [5.41, 5.74) is 0. The number of hydrogen-bond donors (Lipinski definition) is 0. The van der Waals surface area contributed by atoms with Crippen molar-refractivity contribution in [2.45, 2.75) is 47.0 Å². The Bertz CT molecular complexity index is 185. The van der Waals surface area contributed by atoms with Crippen molar-refractivity contribution in [2.75, 3.05) is 0 Å². The summed E-state index contributed by atoms with van der Waals surface area (Å²) in [6.45, 7) is 8.08. The molecule has 0 aromatic heterocycles. The second-order valence-electron chi connectivity index (χ2n) is 4.38. The Balaban J connectivity index is 4.11. The minimum Gasteiger partial charge on any atom is -0.299 e. The predicted molar refractivity (Wildman–Crippen MR) is 57.7 cm³/mol. The third-order valence-electron chi connectivity index (χ3n) is 2.65. The third kappa shape index (κ3) is 4.54. The maximum absolute atomic E-state index is 11.6. The van der Waals surface area contributed by atoms with E-state index < -0.39 is 5.92 Å². The lowest BCUT2D eigenvalue weighted by atomic mass is 9.87. The SMILES string of the molecule is CCC(C)C([C]=O)C(=O)CCC(C)C. The number of carbonyl (C=O) groups excluding carboxylic acids is 2. The molecule has 0 aliphatic carbocycles. The standard InChI is InChI=1S/C12H21O2/c1-5-10(4)11(8-13)12(14)7-6-9(2)3/h9-11H,5-7H2,1-4H3. The Hall–Kier alpha value is -0.660. The minimum atomic E-state index is -0.501. The second-order valence-corrected chi connectivity index (χ2v) is 4.38. The van der Waals surface area contributed by atoms with Gasteiger partial charge in [0.15, 0.2) is 0 Å². The molecule has 2 atom stereocenters. The minimum absolute atomic E-state index is 0.0584. The van der Waals surface area contributed by atoms with Crippen molar-refractivity contribution in [3.8, 4) is 0 Å². The summed E-state index contributed by atoms with van der Waals surface area (Å²) in [5, 5.41) is 0. The fraction of sp³-hybridized carbons (Fsp3) is 0.833. The van der Waals surface area contributed by atoms with Gasteiger partial charge in [0.25, 0.3) is 0 Å². The molecule has 0 heterocycles. The number of hydrogen-bond acceptors (Lipinski definition) is 2. The van der Waals surface area contributed by atoms with Gasteiger partial charge in [-0.2, -0.15) is 0 Å². The lowest BCUT2D eigenvalue weighted by Gasteiger charge is -2.15. The second kappa shape index (κ2) is 6.74. The first-order chi connectivity index (χ1) is 6.52. The predicted octanol–water partition coefficient (Wildman–Crippen LogP) is 2.76. The molecule has 0 saturated carbocycles. The molecule has 0 aromatic rings. The van der Waals surface area contributed by atoms with E-state index in [4.69, 9.17) is 0 Å². The van der Waals surface area contributed by atoms with Crippen LogP contribution in [0.2, 0.25) is 0 Å². The van der Waals surface area contributed by atoms with Crippen LogP contribution in [0, 0.1) is 17.8 Å². The van der Waals surface area contributed by atoms with E-state index in [2.05, 4.69) is 13.8 Å². The smallest absolute Gasteiger partial charge is 0.209 e. The molecule has 0 spiro atoms. The zero-order valence-corrected chi connectivity index (χ0v) is 9.67. The van der Waals surface area contributed by atoms with Crippen molar-refractivity contribution in [3.63, 3.8) is 0 Å². The lowest BCUT2D eigenvalue weighted by molar-refractivity contribution is -0.122. The van der Waals surface area contributed by atoms with Gasteiger partial charge in [0.1, 0.15) is 5.78 Å². The molecule has 0 fully saturated rings. The van der Waals surface area contributed by atoms with Crippen LogP contribution in [-0.4, -0.2) is 12.1 Å². The van der Waals surface area contributed by atoms with Crippen LogP contribution in [0.4, 0.5) is 0 Å². The monoisotopic (exact) mass is 197 g/mol. The lowest BCUT2D eigenvalue weighted by Crippen LogP contribution is -2.23. The fourth-order valence-corrected chi connectivity index (χ4v) is 1.32. The molecule has 2 heteroatoms. The van der Waals surface area contributed by atoms with Crippen LogP contribution in [0.15, 0.2) is 0 Å². The molecule has 0 N–H and O–H groups in total. The number of rotatable bonds is 7. The van der Waals surface area contributed by atoms with E-state index in [0.717, 1.165) is 12.8 Å². The van der Waals surface area contributed by atoms with Gasteiger partial charge in [-0.05, 0) is 18.3 Å². The first-order valence-electron chi connectivity index (χ1n) is 5.43. The van der Waals surface area contributed by atoms with Crippen molar-refractivity contribution >= 4 is 12.1 Å². The first-order valence-corrected chi connectivity index (χ1v) is 5.43. The fourth-order valence-electron chi connectivity index (χ4n) is 1.32. The van der Waals surface area contributed by atoms with Crippen molar-refractivity contribution in [2.24, 2.45) is 17.8 Å². The van der Waals surface area contributed by atoms with Crippen LogP contribution in [0.1, 0.15) is 47.0 Å². The zero-order valence-electron chi connectivity index (χ0n) is 9.67. The maximum atomic E-state index is 11.6. The molecule has 81 valence electrons. The summed E-state index contributed by atoms with van der Waals surface area (Å²) in [5.74, 6) is 0.206. The summed E-state index contributed by atoms with van der Waals surface area (Å²) >= 11 is 0. The zero-order chi connectivity index (χ0) is 11.1. The Morgan fingerprint density at radius 1 is 1.29 bits per heavy atom. The number of Topliss-reactive ketones (excluding diaryl/α,β-unsaturated/α-hetero) is 1. The van der Waals surface area contributed by atoms with E-state index in [1.54, 1.807) is 0 Å². The highest BCUT2D eigenvalue weighted by molar-refractivity contribution is 5.93.